The Labute approximate surface area is 213 Å². The number of rotatable bonds is 9. The molecule has 3 atom stereocenters. The summed E-state index contributed by atoms with van der Waals surface area (Å²) in [6.07, 6.45) is 0.0270. The standard InChI is InChI=1S/C25H30N4O4S2/c1-3-26-24(31)27-13-17-4-10-20(11-5-17)23-32-21(15-34-25-29-28-16(2)35-25)12-22(33-23)19-8-6-18(14-30)7-9-19/h4-11,21-23,30H,3,12-15H2,1-2H3,(H2,26,27,31). The fraction of sp³-hybridized carbons (Fsp3) is 0.400. The molecule has 3 aromatic rings. The summed E-state index contributed by atoms with van der Waals surface area (Å²) in [4.78, 5) is 11.7. The lowest BCUT2D eigenvalue weighted by atomic mass is 10.0. The third kappa shape index (κ3) is 7.25. The highest BCUT2D eigenvalue weighted by Crippen LogP contribution is 2.39. The maximum absolute atomic E-state index is 11.7. The molecule has 0 radical (unpaired) electrons. The molecular formula is C25H30N4O4S2. The summed E-state index contributed by atoms with van der Waals surface area (Å²) in [6, 6.07) is 15.6. The molecule has 1 fully saturated rings. The van der Waals surface area contributed by atoms with Gasteiger partial charge in [0.15, 0.2) is 10.6 Å². The molecule has 35 heavy (non-hydrogen) atoms. The van der Waals surface area contributed by atoms with Gasteiger partial charge in [0.05, 0.1) is 18.8 Å². The number of carbonyl (C=O) groups is 1. The van der Waals surface area contributed by atoms with Crippen molar-refractivity contribution in [3.63, 3.8) is 0 Å². The number of nitrogens with zero attached hydrogens (tertiary/aromatic N) is 2. The second-order valence-electron chi connectivity index (χ2n) is 8.20. The summed E-state index contributed by atoms with van der Waals surface area (Å²) in [7, 11) is 0. The highest BCUT2D eigenvalue weighted by molar-refractivity contribution is 8.01. The highest BCUT2D eigenvalue weighted by atomic mass is 32.2. The lowest BCUT2D eigenvalue weighted by molar-refractivity contribution is -0.245. The summed E-state index contributed by atoms with van der Waals surface area (Å²) in [5.74, 6) is 0.744. The molecule has 1 aromatic heterocycles. The fourth-order valence-electron chi connectivity index (χ4n) is 3.72. The van der Waals surface area contributed by atoms with Gasteiger partial charge < -0.3 is 25.2 Å². The Morgan fingerprint density at radius 3 is 2.43 bits per heavy atom. The first-order valence-electron chi connectivity index (χ1n) is 11.6. The topological polar surface area (TPSA) is 106 Å². The van der Waals surface area contributed by atoms with Crippen LogP contribution in [0.2, 0.25) is 0 Å². The Kier molecular flexibility index (Phi) is 9.11. The van der Waals surface area contributed by atoms with Crippen LogP contribution in [0.1, 0.15) is 53.0 Å². The van der Waals surface area contributed by atoms with E-state index in [4.69, 9.17) is 9.47 Å². The van der Waals surface area contributed by atoms with E-state index in [9.17, 15) is 9.90 Å². The van der Waals surface area contributed by atoms with Crippen LogP contribution in [0.5, 0.6) is 0 Å². The summed E-state index contributed by atoms with van der Waals surface area (Å²) in [5, 5.41) is 24.2. The van der Waals surface area contributed by atoms with Crippen molar-refractivity contribution in [2.75, 3.05) is 12.3 Å². The van der Waals surface area contributed by atoms with E-state index in [-0.39, 0.29) is 24.8 Å². The molecule has 2 aromatic carbocycles. The average Bonchev–Trinajstić information content (AvgIpc) is 3.31. The van der Waals surface area contributed by atoms with Crippen molar-refractivity contribution in [2.24, 2.45) is 0 Å². The van der Waals surface area contributed by atoms with Crippen LogP contribution in [0.4, 0.5) is 4.79 Å². The predicted molar refractivity (Wildman–Crippen MR) is 136 cm³/mol. The lowest BCUT2D eigenvalue weighted by Crippen LogP contribution is -2.34. The van der Waals surface area contributed by atoms with Gasteiger partial charge in [-0.1, -0.05) is 71.6 Å². The van der Waals surface area contributed by atoms with Gasteiger partial charge in [0, 0.05) is 30.8 Å². The molecule has 4 rings (SSSR count). The normalized spacial score (nSPS) is 19.9. The van der Waals surface area contributed by atoms with Crippen LogP contribution >= 0.6 is 23.1 Å². The minimum atomic E-state index is -0.515. The molecule has 10 heteroatoms. The van der Waals surface area contributed by atoms with E-state index >= 15 is 0 Å². The molecule has 1 saturated heterocycles. The van der Waals surface area contributed by atoms with Gasteiger partial charge in [0.1, 0.15) is 5.01 Å². The van der Waals surface area contributed by atoms with Crippen molar-refractivity contribution in [2.45, 2.75) is 56.3 Å². The van der Waals surface area contributed by atoms with Gasteiger partial charge in [-0.05, 0) is 30.5 Å². The van der Waals surface area contributed by atoms with Gasteiger partial charge in [-0.25, -0.2) is 4.79 Å². The Balaban J connectivity index is 1.46. The average molecular weight is 515 g/mol. The first-order chi connectivity index (χ1) is 17.0. The zero-order valence-electron chi connectivity index (χ0n) is 19.8. The van der Waals surface area contributed by atoms with Gasteiger partial charge in [-0.3, -0.25) is 0 Å². The number of hydrogen-bond acceptors (Lipinski definition) is 8. The van der Waals surface area contributed by atoms with Crippen LogP contribution in [0.15, 0.2) is 52.9 Å². The molecule has 0 bridgehead atoms. The lowest BCUT2D eigenvalue weighted by Gasteiger charge is -2.36. The molecule has 0 spiro atoms. The van der Waals surface area contributed by atoms with E-state index in [1.54, 1.807) is 23.1 Å². The third-order valence-electron chi connectivity index (χ3n) is 5.56. The predicted octanol–water partition coefficient (Wildman–Crippen LogP) is 4.50. The Bertz CT molecular complexity index is 1090. The summed E-state index contributed by atoms with van der Waals surface area (Å²) < 4.78 is 13.7. The van der Waals surface area contributed by atoms with E-state index in [1.165, 1.54) is 0 Å². The molecular weight excluding hydrogens is 484 g/mol. The van der Waals surface area contributed by atoms with Gasteiger partial charge in [0.25, 0.3) is 0 Å². The first-order valence-corrected chi connectivity index (χ1v) is 13.4. The third-order valence-corrected chi connectivity index (χ3v) is 7.66. The molecule has 2 heterocycles. The number of carbonyl (C=O) groups excluding carboxylic acids is 1. The molecule has 0 aliphatic carbocycles. The molecule has 8 nitrogen and oxygen atoms in total. The molecule has 186 valence electrons. The number of aliphatic hydroxyl groups is 1. The summed E-state index contributed by atoms with van der Waals surface area (Å²) in [5.41, 5.74) is 3.84. The molecule has 3 N–H and O–H groups in total. The zero-order chi connectivity index (χ0) is 24.6. The maximum Gasteiger partial charge on any atom is 0.315 e. The van der Waals surface area contributed by atoms with E-state index in [2.05, 4.69) is 20.8 Å². The Hall–Kier alpha value is -2.50. The fourth-order valence-corrected chi connectivity index (χ4v) is 5.58. The smallest absolute Gasteiger partial charge is 0.315 e. The van der Waals surface area contributed by atoms with Crippen molar-refractivity contribution in [1.82, 2.24) is 20.8 Å². The SMILES string of the molecule is CCNC(=O)NCc1ccc(C2OC(CSc3nnc(C)s3)CC(c3ccc(CO)cc3)O2)cc1. The zero-order valence-corrected chi connectivity index (χ0v) is 21.4. The van der Waals surface area contributed by atoms with Crippen LogP contribution in [0.3, 0.4) is 0 Å². The number of aromatic nitrogens is 2. The van der Waals surface area contributed by atoms with Crippen LogP contribution < -0.4 is 10.6 Å². The molecule has 3 unspecified atom stereocenters. The largest absolute Gasteiger partial charge is 0.392 e. The summed E-state index contributed by atoms with van der Waals surface area (Å²) >= 11 is 3.23. The number of nitrogens with one attached hydrogen (secondary N) is 2. The number of amides is 2. The number of benzene rings is 2. The van der Waals surface area contributed by atoms with Crippen molar-refractivity contribution < 1.29 is 19.4 Å². The molecule has 0 saturated carbocycles. The van der Waals surface area contributed by atoms with Crippen LogP contribution in [0.25, 0.3) is 0 Å². The molecule has 2 amide bonds. The second kappa shape index (κ2) is 12.5. The Morgan fingerprint density at radius 2 is 1.77 bits per heavy atom. The van der Waals surface area contributed by atoms with Crippen molar-refractivity contribution >= 4 is 29.1 Å². The van der Waals surface area contributed by atoms with Crippen molar-refractivity contribution in [3.05, 3.63) is 75.8 Å². The minimum Gasteiger partial charge on any atom is -0.392 e. The Morgan fingerprint density at radius 1 is 1.06 bits per heavy atom. The number of urea groups is 1. The molecule has 1 aliphatic rings. The van der Waals surface area contributed by atoms with Gasteiger partial charge in [-0.2, -0.15) is 0 Å². The van der Waals surface area contributed by atoms with Crippen molar-refractivity contribution in [3.8, 4) is 0 Å². The van der Waals surface area contributed by atoms with Gasteiger partial charge in [-0.15, -0.1) is 10.2 Å². The van der Waals surface area contributed by atoms with Gasteiger partial charge in [0.2, 0.25) is 0 Å². The number of ether oxygens (including phenoxy) is 2. The maximum atomic E-state index is 11.7. The van der Waals surface area contributed by atoms with E-state index in [0.29, 0.717) is 19.5 Å². The van der Waals surface area contributed by atoms with Gasteiger partial charge >= 0.3 is 6.03 Å². The van der Waals surface area contributed by atoms with E-state index in [1.807, 2.05) is 62.4 Å². The van der Waals surface area contributed by atoms with Crippen LogP contribution in [-0.4, -0.2) is 39.7 Å². The number of thioether (sulfide) groups is 1. The minimum absolute atomic E-state index is 0.0133. The van der Waals surface area contributed by atoms with E-state index < -0.39 is 6.29 Å². The number of aliphatic hydroxyl groups excluding tert-OH is 1. The quantitative estimate of drug-likeness (QED) is 0.361. The molecule has 1 aliphatic heterocycles. The van der Waals surface area contributed by atoms with Crippen LogP contribution in [0, 0.1) is 6.92 Å². The summed E-state index contributed by atoms with van der Waals surface area (Å²) in [6.45, 7) is 4.87. The first kappa shape index (κ1) is 25.6. The van der Waals surface area contributed by atoms with Crippen LogP contribution in [-0.2, 0) is 22.6 Å². The second-order valence-corrected chi connectivity index (χ2v) is 10.7. The number of aryl methyl sites for hydroxylation is 1. The number of hydrogen-bond donors (Lipinski definition) is 3. The monoisotopic (exact) mass is 514 g/mol. The van der Waals surface area contributed by atoms with Crippen molar-refractivity contribution in [1.29, 1.82) is 0 Å². The highest BCUT2D eigenvalue weighted by Gasteiger charge is 2.32. The van der Waals surface area contributed by atoms with E-state index in [0.717, 1.165) is 37.4 Å².